The quantitative estimate of drug-likeness (QED) is 0.925. The molecule has 0 saturated carbocycles. The van der Waals surface area contributed by atoms with Crippen molar-refractivity contribution in [1.29, 1.82) is 0 Å². The lowest BCUT2D eigenvalue weighted by molar-refractivity contribution is 0.553. The van der Waals surface area contributed by atoms with E-state index in [4.69, 9.17) is 4.42 Å². The summed E-state index contributed by atoms with van der Waals surface area (Å²) >= 11 is 4.03. The van der Waals surface area contributed by atoms with Crippen LogP contribution < -0.4 is 5.32 Å². The summed E-state index contributed by atoms with van der Waals surface area (Å²) in [6, 6.07) is 4.85. The monoisotopic (exact) mass is 279 g/mol. The number of nitrogens with one attached hydrogen (secondary N) is 1. The topological polar surface area (TPSA) is 25.2 Å². The van der Waals surface area contributed by atoms with Crippen molar-refractivity contribution in [2.75, 3.05) is 12.8 Å². The third kappa shape index (κ3) is 2.51. The molecular formula is C14H17NOS2. The van der Waals surface area contributed by atoms with Gasteiger partial charge in [0.15, 0.2) is 0 Å². The Morgan fingerprint density at radius 1 is 1.50 bits per heavy atom. The molecule has 3 rings (SSSR count). The van der Waals surface area contributed by atoms with Crippen LogP contribution >= 0.6 is 23.1 Å². The standard InChI is InChI=1S/C14H17NOS2/c1-15-12(6-10-2-4-16-8-10)14-7-11-9-17-5-3-13(11)18-14/h2,4,7-8,12,15H,3,5-6,9H2,1H3. The number of hydrogen-bond donors (Lipinski definition) is 1. The second kappa shape index (κ2) is 5.51. The van der Waals surface area contributed by atoms with Crippen LogP contribution in [0, 0.1) is 0 Å². The summed E-state index contributed by atoms with van der Waals surface area (Å²) in [5.74, 6) is 2.47. The first-order valence-corrected chi connectivity index (χ1v) is 8.21. The fraction of sp³-hybridized carbons (Fsp3) is 0.429. The van der Waals surface area contributed by atoms with E-state index in [1.165, 1.54) is 28.4 Å². The van der Waals surface area contributed by atoms with Gasteiger partial charge in [-0.2, -0.15) is 11.8 Å². The lowest BCUT2D eigenvalue weighted by atomic mass is 10.1. The molecule has 18 heavy (non-hydrogen) atoms. The Bertz CT molecular complexity index is 480. The van der Waals surface area contributed by atoms with Gasteiger partial charge in [0.05, 0.1) is 12.5 Å². The Labute approximate surface area is 116 Å². The largest absolute Gasteiger partial charge is 0.472 e. The van der Waals surface area contributed by atoms with Gasteiger partial charge in [-0.3, -0.25) is 0 Å². The number of thiophene rings is 1. The van der Waals surface area contributed by atoms with E-state index in [1.807, 2.05) is 42.5 Å². The average Bonchev–Trinajstić information content (AvgIpc) is 3.04. The van der Waals surface area contributed by atoms with Gasteiger partial charge in [0.1, 0.15) is 0 Å². The molecule has 0 spiro atoms. The minimum absolute atomic E-state index is 0.406. The van der Waals surface area contributed by atoms with Crippen molar-refractivity contribution in [3.63, 3.8) is 0 Å². The minimum atomic E-state index is 0.406. The van der Waals surface area contributed by atoms with Gasteiger partial charge in [-0.25, -0.2) is 0 Å². The highest BCUT2D eigenvalue weighted by Gasteiger charge is 2.18. The van der Waals surface area contributed by atoms with Gasteiger partial charge in [-0.05, 0) is 48.9 Å². The molecule has 0 aliphatic carbocycles. The van der Waals surface area contributed by atoms with Crippen molar-refractivity contribution in [3.8, 4) is 0 Å². The molecule has 3 heterocycles. The van der Waals surface area contributed by atoms with Crippen LogP contribution in [0.5, 0.6) is 0 Å². The number of aryl methyl sites for hydroxylation is 1. The molecule has 2 nitrogen and oxygen atoms in total. The van der Waals surface area contributed by atoms with Crippen LogP contribution in [-0.4, -0.2) is 12.8 Å². The first-order chi connectivity index (χ1) is 8.86. The Kier molecular flexibility index (Phi) is 3.77. The zero-order valence-electron chi connectivity index (χ0n) is 10.4. The van der Waals surface area contributed by atoms with Crippen molar-refractivity contribution in [1.82, 2.24) is 5.32 Å². The Morgan fingerprint density at radius 2 is 2.44 bits per heavy atom. The van der Waals surface area contributed by atoms with E-state index in [0.29, 0.717) is 6.04 Å². The molecule has 1 atom stereocenters. The molecule has 1 unspecified atom stereocenters. The summed E-state index contributed by atoms with van der Waals surface area (Å²) in [7, 11) is 2.04. The van der Waals surface area contributed by atoms with Crippen LogP contribution in [0.1, 0.15) is 26.9 Å². The molecule has 0 saturated heterocycles. The van der Waals surface area contributed by atoms with Gasteiger partial charge in [0.2, 0.25) is 0 Å². The number of likely N-dealkylation sites (N-methyl/N-ethyl adjacent to an activating group) is 1. The summed E-state index contributed by atoms with van der Waals surface area (Å²) in [6.45, 7) is 0. The second-order valence-corrected chi connectivity index (χ2v) is 6.85. The van der Waals surface area contributed by atoms with Gasteiger partial charge in [-0.1, -0.05) is 0 Å². The minimum Gasteiger partial charge on any atom is -0.472 e. The van der Waals surface area contributed by atoms with Crippen LogP contribution in [0.4, 0.5) is 0 Å². The normalized spacial score (nSPS) is 16.5. The SMILES string of the molecule is CNC(Cc1ccoc1)c1cc2c(s1)CCSC2. The highest BCUT2D eigenvalue weighted by molar-refractivity contribution is 7.98. The van der Waals surface area contributed by atoms with Crippen molar-refractivity contribution in [2.24, 2.45) is 0 Å². The molecule has 0 aromatic carbocycles. The van der Waals surface area contributed by atoms with Crippen molar-refractivity contribution < 1.29 is 4.42 Å². The summed E-state index contributed by atoms with van der Waals surface area (Å²) in [6.07, 6.45) is 5.83. The summed E-state index contributed by atoms with van der Waals surface area (Å²) in [5.41, 5.74) is 2.81. The van der Waals surface area contributed by atoms with E-state index in [-0.39, 0.29) is 0 Å². The molecule has 96 valence electrons. The molecule has 2 aromatic heterocycles. The molecule has 4 heteroatoms. The highest BCUT2D eigenvalue weighted by Crippen LogP contribution is 2.35. The van der Waals surface area contributed by atoms with E-state index < -0.39 is 0 Å². The molecule has 0 amide bonds. The third-order valence-corrected chi connectivity index (χ3v) is 5.72. The number of fused-ring (bicyclic) bond motifs is 1. The summed E-state index contributed by atoms with van der Waals surface area (Å²) in [4.78, 5) is 3.06. The van der Waals surface area contributed by atoms with E-state index in [2.05, 4.69) is 11.4 Å². The zero-order valence-corrected chi connectivity index (χ0v) is 12.1. The van der Waals surface area contributed by atoms with Gasteiger partial charge >= 0.3 is 0 Å². The second-order valence-electron chi connectivity index (χ2n) is 4.58. The van der Waals surface area contributed by atoms with Gasteiger partial charge in [0.25, 0.3) is 0 Å². The summed E-state index contributed by atoms with van der Waals surface area (Å²) < 4.78 is 5.15. The highest BCUT2D eigenvalue weighted by atomic mass is 32.2. The Balaban J connectivity index is 1.80. The van der Waals surface area contributed by atoms with Crippen molar-refractivity contribution in [3.05, 3.63) is 45.5 Å². The maximum Gasteiger partial charge on any atom is 0.0935 e. The molecule has 0 radical (unpaired) electrons. The molecule has 1 aliphatic heterocycles. The number of thioether (sulfide) groups is 1. The van der Waals surface area contributed by atoms with E-state index in [9.17, 15) is 0 Å². The van der Waals surface area contributed by atoms with E-state index in [0.717, 1.165) is 6.42 Å². The van der Waals surface area contributed by atoms with Crippen LogP contribution in [0.2, 0.25) is 0 Å². The van der Waals surface area contributed by atoms with Crippen LogP contribution in [0.15, 0.2) is 29.1 Å². The van der Waals surface area contributed by atoms with Crippen molar-refractivity contribution >= 4 is 23.1 Å². The molecule has 2 aromatic rings. The first-order valence-electron chi connectivity index (χ1n) is 6.24. The van der Waals surface area contributed by atoms with Crippen LogP contribution in [0.25, 0.3) is 0 Å². The predicted molar refractivity (Wildman–Crippen MR) is 78.4 cm³/mol. The van der Waals surface area contributed by atoms with Gasteiger partial charge in [-0.15, -0.1) is 11.3 Å². The maximum absolute atomic E-state index is 5.15. The lowest BCUT2D eigenvalue weighted by Crippen LogP contribution is -2.17. The van der Waals surface area contributed by atoms with Crippen LogP contribution in [-0.2, 0) is 18.6 Å². The van der Waals surface area contributed by atoms with Gasteiger partial charge < -0.3 is 9.73 Å². The maximum atomic E-state index is 5.15. The molecular weight excluding hydrogens is 262 g/mol. The zero-order chi connectivity index (χ0) is 12.4. The Morgan fingerprint density at radius 3 is 3.17 bits per heavy atom. The van der Waals surface area contributed by atoms with Crippen LogP contribution in [0.3, 0.4) is 0 Å². The predicted octanol–water partition coefficient (Wildman–Crippen LogP) is 3.63. The van der Waals surface area contributed by atoms with Crippen molar-refractivity contribution in [2.45, 2.75) is 24.6 Å². The lowest BCUT2D eigenvalue weighted by Gasteiger charge is -2.13. The number of furan rings is 1. The third-order valence-electron chi connectivity index (χ3n) is 3.36. The van der Waals surface area contributed by atoms with E-state index in [1.54, 1.807) is 16.7 Å². The molecule has 1 N–H and O–H groups in total. The molecule has 1 aliphatic rings. The first kappa shape index (κ1) is 12.3. The van der Waals surface area contributed by atoms with E-state index >= 15 is 0 Å². The average molecular weight is 279 g/mol. The number of hydrogen-bond acceptors (Lipinski definition) is 4. The molecule has 0 fully saturated rings. The number of rotatable bonds is 4. The summed E-state index contributed by atoms with van der Waals surface area (Å²) in [5, 5.41) is 3.43. The smallest absolute Gasteiger partial charge is 0.0935 e. The van der Waals surface area contributed by atoms with Gasteiger partial charge in [0, 0.05) is 21.5 Å². The molecule has 0 bridgehead atoms. The fourth-order valence-electron chi connectivity index (χ4n) is 2.33. The fourth-order valence-corrected chi connectivity index (χ4v) is 4.82. The Hall–Kier alpha value is -0.710.